The maximum atomic E-state index is 12.6. The molecule has 0 heterocycles. The Labute approximate surface area is 164 Å². The normalized spacial score (nSPS) is 11.6. The second-order valence-electron chi connectivity index (χ2n) is 6.14. The summed E-state index contributed by atoms with van der Waals surface area (Å²) in [6.45, 7) is 0.740. The van der Waals surface area contributed by atoms with Gasteiger partial charge in [0.25, 0.3) is 0 Å². The highest BCUT2D eigenvalue weighted by Crippen LogP contribution is 2.17. The lowest BCUT2D eigenvalue weighted by Gasteiger charge is -2.17. The third kappa shape index (κ3) is 8.28. The molecule has 0 aromatic heterocycles. The molecule has 0 fully saturated rings. The molecule has 0 spiro atoms. The monoisotopic (exact) mass is 386 g/mol. The van der Waals surface area contributed by atoms with Crippen molar-refractivity contribution in [2.75, 3.05) is 6.54 Å². The van der Waals surface area contributed by atoms with Gasteiger partial charge in [-0.2, -0.15) is 0 Å². The van der Waals surface area contributed by atoms with E-state index in [0.717, 1.165) is 24.0 Å². The molecule has 2 aromatic rings. The summed E-state index contributed by atoms with van der Waals surface area (Å²) in [6.07, 6.45) is 1.56. The molecule has 0 saturated heterocycles. The Kier molecular flexibility index (Phi) is 9.44. The van der Waals surface area contributed by atoms with E-state index in [-0.39, 0.29) is 11.7 Å². The van der Waals surface area contributed by atoms with Crippen molar-refractivity contribution in [1.29, 1.82) is 0 Å². The second kappa shape index (κ2) is 12.1. The number of carbonyl (C=O) groups is 2. The quantitative estimate of drug-likeness (QED) is 0.606. The van der Waals surface area contributed by atoms with Gasteiger partial charge in [-0.05, 0) is 36.9 Å². The van der Waals surface area contributed by atoms with Gasteiger partial charge in [0.05, 0.1) is 0 Å². The fraction of sp³-hybridized carbons (Fsp3) is 0.333. The summed E-state index contributed by atoms with van der Waals surface area (Å²) in [6, 6.07) is 18.6. The van der Waals surface area contributed by atoms with Gasteiger partial charge in [-0.3, -0.25) is 4.79 Å². The summed E-state index contributed by atoms with van der Waals surface area (Å²) in [5.41, 5.74) is 7.51. The Hall–Kier alpha value is -2.31. The molecule has 0 radical (unpaired) electrons. The van der Waals surface area contributed by atoms with Crippen LogP contribution in [0.25, 0.3) is 0 Å². The highest BCUT2D eigenvalue weighted by Gasteiger charge is 2.21. The third-order valence-electron chi connectivity index (χ3n) is 3.96. The number of rotatable bonds is 10. The van der Waals surface area contributed by atoms with E-state index in [4.69, 9.17) is 10.5 Å². The summed E-state index contributed by atoms with van der Waals surface area (Å²) in [5, 5.41) is 2.65. The lowest BCUT2D eigenvalue weighted by atomic mass is 10.1. The van der Waals surface area contributed by atoms with Gasteiger partial charge in [0.1, 0.15) is 12.6 Å². The minimum Gasteiger partial charge on any atom is -0.445 e. The Bertz CT molecular complexity index is 695. The van der Waals surface area contributed by atoms with Crippen LogP contribution in [0.1, 0.15) is 30.4 Å². The Morgan fingerprint density at radius 2 is 1.59 bits per heavy atom. The van der Waals surface area contributed by atoms with E-state index in [1.165, 1.54) is 11.8 Å². The van der Waals surface area contributed by atoms with E-state index in [2.05, 4.69) is 5.32 Å². The lowest BCUT2D eigenvalue weighted by Crippen LogP contribution is -2.40. The summed E-state index contributed by atoms with van der Waals surface area (Å²) < 4.78 is 5.24. The van der Waals surface area contributed by atoms with Gasteiger partial charge in [0.2, 0.25) is 5.12 Å². The van der Waals surface area contributed by atoms with Gasteiger partial charge in [0, 0.05) is 5.75 Å². The van der Waals surface area contributed by atoms with Crippen LogP contribution in [-0.4, -0.2) is 23.8 Å². The summed E-state index contributed by atoms with van der Waals surface area (Å²) >= 11 is 1.21. The molecular weight excluding hydrogens is 360 g/mol. The number of benzene rings is 2. The van der Waals surface area contributed by atoms with Crippen molar-refractivity contribution in [3.8, 4) is 0 Å². The summed E-state index contributed by atoms with van der Waals surface area (Å²) in [4.78, 5) is 24.7. The molecule has 0 unspecified atom stereocenters. The van der Waals surface area contributed by atoms with Crippen molar-refractivity contribution in [2.45, 2.75) is 37.7 Å². The standard InChI is InChI=1S/C21H26N2O3S/c22-14-8-7-13-19(20(24)27-16-18-11-5-2-6-12-18)23-21(25)26-15-17-9-3-1-4-10-17/h1-6,9-12,19H,7-8,13-16,22H2,(H,23,25)/t19-/m0/s1. The number of hydrogen-bond donors (Lipinski definition) is 2. The second-order valence-corrected chi connectivity index (χ2v) is 7.12. The van der Waals surface area contributed by atoms with Gasteiger partial charge in [0.15, 0.2) is 0 Å². The van der Waals surface area contributed by atoms with Crippen molar-refractivity contribution in [3.63, 3.8) is 0 Å². The number of carbonyl (C=O) groups excluding carboxylic acids is 2. The Morgan fingerprint density at radius 1 is 0.963 bits per heavy atom. The fourth-order valence-corrected chi connectivity index (χ4v) is 3.36. The Morgan fingerprint density at radius 3 is 2.22 bits per heavy atom. The van der Waals surface area contributed by atoms with Crippen molar-refractivity contribution in [1.82, 2.24) is 5.32 Å². The van der Waals surface area contributed by atoms with Crippen LogP contribution in [0.2, 0.25) is 0 Å². The van der Waals surface area contributed by atoms with Crippen LogP contribution in [0.5, 0.6) is 0 Å². The first-order chi connectivity index (χ1) is 13.2. The number of hydrogen-bond acceptors (Lipinski definition) is 5. The van der Waals surface area contributed by atoms with Gasteiger partial charge < -0.3 is 15.8 Å². The van der Waals surface area contributed by atoms with Crippen LogP contribution in [0.3, 0.4) is 0 Å². The smallest absolute Gasteiger partial charge is 0.408 e. The van der Waals surface area contributed by atoms with Gasteiger partial charge >= 0.3 is 6.09 Å². The SMILES string of the molecule is NCCCC[C@H](NC(=O)OCc1ccccc1)C(=O)SCc1ccccc1. The van der Waals surface area contributed by atoms with Crippen LogP contribution >= 0.6 is 11.8 Å². The number of thioether (sulfide) groups is 1. The molecule has 0 saturated carbocycles. The topological polar surface area (TPSA) is 81.4 Å². The highest BCUT2D eigenvalue weighted by molar-refractivity contribution is 8.13. The average molecular weight is 387 g/mol. The molecule has 1 atom stereocenters. The number of amides is 1. The third-order valence-corrected chi connectivity index (χ3v) is 5.01. The average Bonchev–Trinajstić information content (AvgIpc) is 2.71. The number of ether oxygens (including phenoxy) is 1. The van der Waals surface area contributed by atoms with Crippen molar-refractivity contribution >= 4 is 23.0 Å². The predicted molar refractivity (Wildman–Crippen MR) is 109 cm³/mol. The van der Waals surface area contributed by atoms with Crippen LogP contribution in [0.4, 0.5) is 4.79 Å². The van der Waals surface area contributed by atoms with E-state index in [1.54, 1.807) is 0 Å². The zero-order chi connectivity index (χ0) is 19.3. The first kappa shape index (κ1) is 21.0. The van der Waals surface area contributed by atoms with Crippen molar-refractivity contribution in [3.05, 3.63) is 71.8 Å². The molecule has 144 valence electrons. The molecule has 3 N–H and O–H groups in total. The Balaban J connectivity index is 1.85. The van der Waals surface area contributed by atoms with Crippen LogP contribution in [0, 0.1) is 0 Å². The molecular formula is C21H26N2O3S. The molecule has 5 nitrogen and oxygen atoms in total. The zero-order valence-electron chi connectivity index (χ0n) is 15.3. The van der Waals surface area contributed by atoms with E-state index < -0.39 is 12.1 Å². The minimum atomic E-state index is -0.578. The number of unbranched alkanes of at least 4 members (excludes halogenated alkanes) is 1. The largest absolute Gasteiger partial charge is 0.445 e. The van der Waals surface area contributed by atoms with E-state index in [0.29, 0.717) is 18.7 Å². The molecule has 2 rings (SSSR count). The van der Waals surface area contributed by atoms with Crippen LogP contribution in [-0.2, 0) is 21.9 Å². The van der Waals surface area contributed by atoms with Crippen LogP contribution < -0.4 is 11.1 Å². The molecule has 0 aliphatic carbocycles. The lowest BCUT2D eigenvalue weighted by molar-refractivity contribution is -0.112. The van der Waals surface area contributed by atoms with Crippen LogP contribution in [0.15, 0.2) is 60.7 Å². The maximum absolute atomic E-state index is 12.6. The van der Waals surface area contributed by atoms with Gasteiger partial charge in [-0.1, -0.05) is 72.4 Å². The first-order valence-corrected chi connectivity index (χ1v) is 10.1. The molecule has 0 aliphatic heterocycles. The molecule has 2 aromatic carbocycles. The predicted octanol–water partition coefficient (Wildman–Crippen LogP) is 3.87. The number of nitrogens with two attached hydrogens (primary N) is 1. The first-order valence-electron chi connectivity index (χ1n) is 9.07. The van der Waals surface area contributed by atoms with Gasteiger partial charge in [-0.15, -0.1) is 0 Å². The summed E-state index contributed by atoms with van der Waals surface area (Å²) in [5.74, 6) is 0.577. The highest BCUT2D eigenvalue weighted by atomic mass is 32.2. The number of alkyl carbamates (subject to hydrolysis) is 1. The molecule has 6 heteroatoms. The summed E-state index contributed by atoms with van der Waals surface area (Å²) in [7, 11) is 0. The van der Waals surface area contributed by atoms with Gasteiger partial charge in [-0.25, -0.2) is 4.79 Å². The van der Waals surface area contributed by atoms with E-state index >= 15 is 0 Å². The molecule has 0 bridgehead atoms. The maximum Gasteiger partial charge on any atom is 0.408 e. The molecule has 27 heavy (non-hydrogen) atoms. The minimum absolute atomic E-state index is 0.0625. The van der Waals surface area contributed by atoms with E-state index in [9.17, 15) is 9.59 Å². The zero-order valence-corrected chi connectivity index (χ0v) is 16.1. The van der Waals surface area contributed by atoms with E-state index in [1.807, 2.05) is 60.7 Å². The van der Waals surface area contributed by atoms with Crippen molar-refractivity contribution in [2.24, 2.45) is 5.73 Å². The molecule has 1 amide bonds. The van der Waals surface area contributed by atoms with Crippen molar-refractivity contribution < 1.29 is 14.3 Å². The molecule has 0 aliphatic rings. The number of nitrogens with one attached hydrogen (secondary N) is 1. The fourth-order valence-electron chi connectivity index (χ4n) is 2.48.